The zero-order valence-corrected chi connectivity index (χ0v) is 12.1. The molecule has 5 nitrogen and oxygen atoms in total. The van der Waals surface area contributed by atoms with Gasteiger partial charge in [-0.1, -0.05) is 42.5 Å². The van der Waals surface area contributed by atoms with Crippen LogP contribution in [0.5, 0.6) is 0 Å². The Kier molecular flexibility index (Phi) is 4.74. The quantitative estimate of drug-likeness (QED) is 0.830. The van der Waals surface area contributed by atoms with Crippen LogP contribution in [-0.2, 0) is 10.0 Å². The van der Waals surface area contributed by atoms with Gasteiger partial charge in [0.1, 0.15) is 0 Å². The number of rotatable bonds is 5. The molecule has 0 aromatic heterocycles. The number of nitrogens with two attached hydrogens (primary N) is 1. The third-order valence-electron chi connectivity index (χ3n) is 2.81. The standard InChI is InChI=1S/C15H16N2O3S/c16-11-5-7-13-6-4-10-15(12-13)21(19,20)17(18)14-8-2-1-3-9-14/h1-10,12,18H,11,16H2/b7-5+. The molecule has 0 aliphatic heterocycles. The molecule has 0 radical (unpaired) electrons. The van der Waals surface area contributed by atoms with E-state index in [9.17, 15) is 13.6 Å². The summed E-state index contributed by atoms with van der Waals surface area (Å²) in [7, 11) is -4.02. The molecule has 2 aromatic rings. The normalized spacial score (nSPS) is 11.7. The lowest BCUT2D eigenvalue weighted by atomic mass is 10.2. The van der Waals surface area contributed by atoms with E-state index in [1.807, 2.05) is 0 Å². The van der Waals surface area contributed by atoms with E-state index in [1.165, 1.54) is 24.3 Å². The van der Waals surface area contributed by atoms with Gasteiger partial charge in [0.15, 0.2) is 0 Å². The molecule has 0 saturated carbocycles. The fourth-order valence-corrected chi connectivity index (χ4v) is 2.91. The summed E-state index contributed by atoms with van der Waals surface area (Å²) < 4.78 is 25.0. The summed E-state index contributed by atoms with van der Waals surface area (Å²) >= 11 is 0. The van der Waals surface area contributed by atoms with Crippen LogP contribution in [0.1, 0.15) is 5.56 Å². The fraction of sp³-hybridized carbons (Fsp3) is 0.0667. The SMILES string of the molecule is NC/C=C/c1cccc(S(=O)(=O)N(O)c2ccccc2)c1. The van der Waals surface area contributed by atoms with Crippen LogP contribution in [-0.4, -0.2) is 20.2 Å². The van der Waals surface area contributed by atoms with E-state index in [4.69, 9.17) is 5.73 Å². The minimum Gasteiger partial charge on any atom is -0.327 e. The van der Waals surface area contributed by atoms with E-state index >= 15 is 0 Å². The predicted molar refractivity (Wildman–Crippen MR) is 82.4 cm³/mol. The molecule has 6 heteroatoms. The monoisotopic (exact) mass is 304 g/mol. The van der Waals surface area contributed by atoms with E-state index in [2.05, 4.69) is 0 Å². The number of hydrogen-bond donors (Lipinski definition) is 2. The molecule has 2 rings (SSSR count). The minimum absolute atomic E-state index is 0.00743. The van der Waals surface area contributed by atoms with Crippen molar-refractivity contribution < 1.29 is 13.6 Å². The maximum Gasteiger partial charge on any atom is 0.286 e. The van der Waals surface area contributed by atoms with Crippen molar-refractivity contribution in [3.63, 3.8) is 0 Å². The molecule has 21 heavy (non-hydrogen) atoms. The summed E-state index contributed by atoms with van der Waals surface area (Å²) in [5.74, 6) is 0. The Balaban J connectivity index is 2.38. The van der Waals surface area contributed by atoms with Crippen molar-refractivity contribution in [2.75, 3.05) is 11.0 Å². The van der Waals surface area contributed by atoms with Crippen molar-refractivity contribution in [1.82, 2.24) is 0 Å². The van der Waals surface area contributed by atoms with Crippen molar-refractivity contribution in [1.29, 1.82) is 0 Å². The van der Waals surface area contributed by atoms with E-state index in [1.54, 1.807) is 42.5 Å². The second kappa shape index (κ2) is 6.53. The number of para-hydroxylation sites is 1. The van der Waals surface area contributed by atoms with Crippen molar-refractivity contribution in [3.05, 3.63) is 66.2 Å². The van der Waals surface area contributed by atoms with Crippen LogP contribution in [0.2, 0.25) is 0 Å². The first-order valence-corrected chi connectivity index (χ1v) is 7.75. The zero-order chi connectivity index (χ0) is 15.3. The van der Waals surface area contributed by atoms with E-state index in [-0.39, 0.29) is 15.1 Å². The van der Waals surface area contributed by atoms with E-state index in [0.717, 1.165) is 0 Å². The second-order valence-corrected chi connectivity index (χ2v) is 6.06. The molecule has 0 saturated heterocycles. The van der Waals surface area contributed by atoms with Crippen LogP contribution in [0.4, 0.5) is 5.69 Å². The molecular weight excluding hydrogens is 288 g/mol. The average Bonchev–Trinajstić information content (AvgIpc) is 2.53. The van der Waals surface area contributed by atoms with Crippen LogP contribution in [0.3, 0.4) is 0 Å². The van der Waals surface area contributed by atoms with Crippen LogP contribution in [0, 0.1) is 0 Å². The Bertz CT molecular complexity index is 728. The molecule has 2 aromatic carbocycles. The predicted octanol–water partition coefficient (Wildman–Crippen LogP) is 2.24. The number of sulfonamides is 1. The van der Waals surface area contributed by atoms with E-state index < -0.39 is 10.0 Å². The number of nitrogens with zero attached hydrogens (tertiary/aromatic N) is 1. The van der Waals surface area contributed by atoms with Gasteiger partial charge in [-0.3, -0.25) is 5.21 Å². The van der Waals surface area contributed by atoms with Gasteiger partial charge in [-0.05, 0) is 29.8 Å². The van der Waals surface area contributed by atoms with Crippen LogP contribution < -0.4 is 10.2 Å². The Morgan fingerprint density at radius 2 is 1.81 bits per heavy atom. The first-order valence-electron chi connectivity index (χ1n) is 6.31. The molecule has 0 unspecified atom stereocenters. The Morgan fingerprint density at radius 1 is 1.10 bits per heavy atom. The molecule has 110 valence electrons. The lowest BCUT2D eigenvalue weighted by Crippen LogP contribution is -2.27. The number of benzene rings is 2. The van der Waals surface area contributed by atoms with Gasteiger partial charge < -0.3 is 5.73 Å². The molecule has 0 spiro atoms. The van der Waals surface area contributed by atoms with Gasteiger partial charge in [-0.2, -0.15) is 8.42 Å². The summed E-state index contributed by atoms with van der Waals surface area (Å²) in [4.78, 5) is 0.00743. The first-order chi connectivity index (χ1) is 10.1. The molecular formula is C15H16N2O3S. The van der Waals surface area contributed by atoms with Crippen molar-refractivity contribution in [2.24, 2.45) is 5.73 Å². The maximum absolute atomic E-state index is 12.4. The highest BCUT2D eigenvalue weighted by Gasteiger charge is 2.23. The maximum atomic E-state index is 12.4. The topological polar surface area (TPSA) is 83.6 Å². The van der Waals surface area contributed by atoms with Crippen molar-refractivity contribution in [3.8, 4) is 0 Å². The summed E-state index contributed by atoms with van der Waals surface area (Å²) in [5.41, 5.74) is 6.25. The number of anilines is 1. The van der Waals surface area contributed by atoms with Gasteiger partial charge in [0.25, 0.3) is 10.0 Å². The lowest BCUT2D eigenvalue weighted by molar-refractivity contribution is 0.316. The van der Waals surface area contributed by atoms with Gasteiger partial charge in [-0.15, -0.1) is 4.47 Å². The minimum atomic E-state index is -4.02. The van der Waals surface area contributed by atoms with Crippen LogP contribution >= 0.6 is 0 Å². The highest BCUT2D eigenvalue weighted by molar-refractivity contribution is 7.92. The van der Waals surface area contributed by atoms with Gasteiger partial charge in [0.2, 0.25) is 0 Å². The lowest BCUT2D eigenvalue weighted by Gasteiger charge is -2.17. The average molecular weight is 304 g/mol. The third kappa shape index (κ3) is 3.49. The third-order valence-corrected chi connectivity index (χ3v) is 4.32. The fourth-order valence-electron chi connectivity index (χ4n) is 1.78. The summed E-state index contributed by atoms with van der Waals surface area (Å²) in [6, 6.07) is 14.3. The molecule has 3 N–H and O–H groups in total. The van der Waals surface area contributed by atoms with Crippen LogP contribution in [0.25, 0.3) is 6.08 Å². The second-order valence-electron chi connectivity index (χ2n) is 4.29. The summed E-state index contributed by atoms with van der Waals surface area (Å²) in [6.45, 7) is 0.368. The summed E-state index contributed by atoms with van der Waals surface area (Å²) in [6.07, 6.45) is 3.45. The van der Waals surface area contributed by atoms with Gasteiger partial charge >= 0.3 is 0 Å². The van der Waals surface area contributed by atoms with Crippen molar-refractivity contribution in [2.45, 2.75) is 4.90 Å². The summed E-state index contributed by atoms with van der Waals surface area (Å²) in [5, 5.41) is 9.98. The highest BCUT2D eigenvalue weighted by Crippen LogP contribution is 2.22. The number of hydrogen-bond acceptors (Lipinski definition) is 4. The Morgan fingerprint density at radius 3 is 2.48 bits per heavy atom. The molecule has 0 fully saturated rings. The molecule has 0 aliphatic carbocycles. The molecule has 0 atom stereocenters. The van der Waals surface area contributed by atoms with Crippen molar-refractivity contribution >= 4 is 21.8 Å². The highest BCUT2D eigenvalue weighted by atomic mass is 32.2. The van der Waals surface area contributed by atoms with Crippen LogP contribution in [0.15, 0.2) is 65.6 Å². The van der Waals surface area contributed by atoms with Gasteiger partial charge in [0.05, 0.1) is 10.6 Å². The largest absolute Gasteiger partial charge is 0.327 e. The smallest absolute Gasteiger partial charge is 0.286 e. The molecule has 0 heterocycles. The first kappa shape index (κ1) is 15.2. The van der Waals surface area contributed by atoms with Gasteiger partial charge in [-0.25, -0.2) is 0 Å². The molecule has 0 bridgehead atoms. The molecule has 0 amide bonds. The Hall–Kier alpha value is -2.15. The van der Waals surface area contributed by atoms with Gasteiger partial charge in [0, 0.05) is 6.54 Å². The Labute approximate surface area is 124 Å². The van der Waals surface area contributed by atoms with E-state index in [0.29, 0.717) is 12.1 Å². The zero-order valence-electron chi connectivity index (χ0n) is 11.3. The molecule has 0 aliphatic rings.